The van der Waals surface area contributed by atoms with Crippen LogP contribution in [0.15, 0.2) is 36.8 Å². The van der Waals surface area contributed by atoms with Crippen LogP contribution < -0.4 is 35.9 Å². The molecule has 29 heavy (non-hydrogen) atoms. The van der Waals surface area contributed by atoms with E-state index in [9.17, 15) is 9.90 Å². The van der Waals surface area contributed by atoms with E-state index in [0.29, 0.717) is 12.2 Å². The third-order valence-electron chi connectivity index (χ3n) is 4.98. The van der Waals surface area contributed by atoms with Crippen LogP contribution in [0.1, 0.15) is 29.2 Å². The van der Waals surface area contributed by atoms with Gasteiger partial charge in [-0.1, -0.05) is 0 Å². The number of amides is 1. The van der Waals surface area contributed by atoms with Crippen LogP contribution in [0.25, 0.3) is 0 Å². The second-order valence-corrected chi connectivity index (χ2v) is 9.23. The number of aromatic nitrogens is 2. The van der Waals surface area contributed by atoms with Crippen LogP contribution in [-0.2, 0) is 11.2 Å². The molecule has 0 saturated carbocycles. The van der Waals surface area contributed by atoms with Crippen molar-refractivity contribution in [3.8, 4) is 5.75 Å². The first-order chi connectivity index (χ1) is 13.9. The summed E-state index contributed by atoms with van der Waals surface area (Å²) in [5.74, 6) is 0.692. The predicted octanol–water partition coefficient (Wildman–Crippen LogP) is -1.78. The molecule has 1 amide bonds. The van der Waals surface area contributed by atoms with Crippen LogP contribution in [0.5, 0.6) is 5.75 Å². The fourth-order valence-electron chi connectivity index (χ4n) is 3.61. The zero-order chi connectivity index (χ0) is 21.0. The third kappa shape index (κ3) is 5.00. The van der Waals surface area contributed by atoms with Gasteiger partial charge in [0.1, 0.15) is 0 Å². The van der Waals surface area contributed by atoms with Gasteiger partial charge in [-0.25, -0.2) is 0 Å². The monoisotopic (exact) mass is 507 g/mol. The number of rotatable bonds is 6. The number of anilines is 1. The van der Waals surface area contributed by atoms with Gasteiger partial charge in [0.2, 0.25) is 0 Å². The van der Waals surface area contributed by atoms with Crippen molar-refractivity contribution < 1.29 is 35.6 Å². The van der Waals surface area contributed by atoms with E-state index in [2.05, 4.69) is 15.3 Å². The molecule has 1 aromatic carbocycles. The molecule has 3 rings (SSSR count). The summed E-state index contributed by atoms with van der Waals surface area (Å²) in [7, 11) is 1.92. The summed E-state index contributed by atoms with van der Waals surface area (Å²) in [6, 6.07) is 6.99. The van der Waals surface area contributed by atoms with E-state index in [1.807, 2.05) is 50.1 Å². The van der Waals surface area contributed by atoms with Gasteiger partial charge in [-0.15, -0.1) is 0 Å². The fourth-order valence-corrected chi connectivity index (χ4v) is 4.79. The van der Waals surface area contributed by atoms with E-state index in [1.54, 1.807) is 6.20 Å². The average molecular weight is 507 g/mol. The zero-order valence-corrected chi connectivity index (χ0v) is 18.9. The fraction of sp³-hybridized carbons (Fsp3) is 0.450. The summed E-state index contributed by atoms with van der Waals surface area (Å²) in [5, 5.41) is 12.7. The third-order valence-corrected chi connectivity index (χ3v) is 6.52. The number of carbonyl (C=O) groups excluding carboxylic acids is 1. The Kier molecular flexibility index (Phi) is 7.34. The Morgan fingerprint density at radius 2 is 2.21 bits per heavy atom. The second-order valence-electron chi connectivity index (χ2n) is 7.38. The number of nitrogens with one attached hydrogen (secondary N) is 1. The van der Waals surface area contributed by atoms with Crippen molar-refractivity contribution in [2.24, 2.45) is 5.92 Å². The van der Waals surface area contributed by atoms with Gasteiger partial charge in [-0.05, 0) is 0 Å². The van der Waals surface area contributed by atoms with Crippen LogP contribution in [0.4, 0.5) is 5.69 Å². The van der Waals surface area contributed by atoms with Crippen molar-refractivity contribution in [3.63, 3.8) is 0 Å². The first kappa shape index (κ1) is 21.8. The topological polar surface area (TPSA) is 87.6 Å². The van der Waals surface area contributed by atoms with Gasteiger partial charge in [0, 0.05) is 0 Å². The van der Waals surface area contributed by atoms with Crippen molar-refractivity contribution in [1.82, 2.24) is 15.3 Å². The number of benzene rings is 1. The molecule has 2 N–H and O–H groups in total. The summed E-state index contributed by atoms with van der Waals surface area (Å²) in [6.07, 6.45) is 3.71. The molecule has 154 valence electrons. The molecule has 1 aliphatic rings. The molecule has 7 nitrogen and oxygen atoms in total. The first-order valence-corrected chi connectivity index (χ1v) is 11.9. The molecular weight excluding hydrogens is 482 g/mol. The van der Waals surface area contributed by atoms with Crippen LogP contribution in [0, 0.1) is 5.92 Å². The molecule has 0 spiro atoms. The number of likely N-dealkylation sites (N-methyl/N-ethyl adjacent to an activating group) is 1. The number of alkyl halides is 1. The molecule has 1 aromatic heterocycles. The minimum atomic E-state index is -0.756. The summed E-state index contributed by atoms with van der Waals surface area (Å²) in [5.41, 5.74) is 8.74. The Balaban J connectivity index is 1.95. The molecule has 2 aromatic rings. The minimum absolute atomic E-state index is 0.0785. The quantitative estimate of drug-likeness (QED) is 0.274. The SMILES string of the molecule is [B][I-]C(Oc1ccc2c(c1)N(C)[C@@H](C(C)C)C(=O)N[C@H](CO)C2)c1ccncn1. The Morgan fingerprint density at radius 1 is 1.41 bits per heavy atom. The molecule has 0 fully saturated rings. The van der Waals surface area contributed by atoms with E-state index >= 15 is 0 Å². The summed E-state index contributed by atoms with van der Waals surface area (Å²) in [6.45, 7) is 3.92. The number of carbonyl (C=O) groups is 1. The van der Waals surface area contributed by atoms with Gasteiger partial charge in [-0.2, -0.15) is 0 Å². The van der Waals surface area contributed by atoms with Gasteiger partial charge in [-0.3, -0.25) is 0 Å². The summed E-state index contributed by atoms with van der Waals surface area (Å²) in [4.78, 5) is 23.0. The standard InChI is InChI=1S/C20H25BIN4O3/c1-12(2)18-20(28)25-14(10-27)8-13-4-5-15(9-17(13)26(18)3)29-19(22-21)16-6-7-23-11-24-16/h4-7,9,11-12,14,18-19,27H,8,10H2,1-3H3,(H,25,28)/q-1/t14-,18-,19?/m0/s1. The van der Waals surface area contributed by atoms with Crippen LogP contribution in [0.2, 0.25) is 0 Å². The van der Waals surface area contributed by atoms with Crippen LogP contribution >= 0.6 is 0 Å². The number of nitrogens with zero attached hydrogens (tertiary/aromatic N) is 3. The van der Waals surface area contributed by atoms with E-state index in [0.717, 1.165) is 16.9 Å². The van der Waals surface area contributed by atoms with Crippen molar-refractivity contribution in [2.75, 3.05) is 18.6 Å². The number of ether oxygens (including phenoxy) is 1. The average Bonchev–Trinajstić information content (AvgIpc) is 2.71. The van der Waals surface area contributed by atoms with Crippen LogP contribution in [-0.4, -0.2) is 52.4 Å². The van der Waals surface area contributed by atoms with Gasteiger partial charge < -0.3 is 0 Å². The zero-order valence-electron chi connectivity index (χ0n) is 16.7. The van der Waals surface area contributed by atoms with E-state index < -0.39 is 21.0 Å². The number of aliphatic hydroxyl groups is 1. The van der Waals surface area contributed by atoms with E-state index in [1.165, 1.54) is 6.33 Å². The maximum absolute atomic E-state index is 12.8. The number of halogens is 1. The maximum atomic E-state index is 12.8. The Labute approximate surface area is 182 Å². The van der Waals surface area contributed by atoms with Crippen molar-refractivity contribution >= 4 is 17.3 Å². The Hall–Kier alpha value is -1.88. The molecule has 0 saturated heterocycles. The second kappa shape index (κ2) is 9.75. The first-order valence-electron chi connectivity index (χ1n) is 9.46. The molecule has 1 aliphatic heterocycles. The van der Waals surface area contributed by atoms with Crippen molar-refractivity contribution in [1.29, 1.82) is 0 Å². The van der Waals surface area contributed by atoms with Gasteiger partial charge in [0.15, 0.2) is 0 Å². The van der Waals surface area contributed by atoms with Gasteiger partial charge >= 0.3 is 183 Å². The normalized spacial score (nSPS) is 20.6. The van der Waals surface area contributed by atoms with Gasteiger partial charge in [0.05, 0.1) is 0 Å². The molecule has 1 unspecified atom stereocenters. The number of fused-ring (bicyclic) bond motifs is 1. The molecule has 2 heterocycles. The molecular formula is C20H25BIN4O3-. The Bertz CT molecular complexity index is 840. The van der Waals surface area contributed by atoms with Crippen molar-refractivity contribution in [3.05, 3.63) is 48.0 Å². The molecule has 3 atom stereocenters. The molecule has 9 heteroatoms. The number of aliphatic hydroxyl groups excluding tert-OH is 1. The van der Waals surface area contributed by atoms with Gasteiger partial charge in [0.25, 0.3) is 0 Å². The summed E-state index contributed by atoms with van der Waals surface area (Å²) < 4.78 is 5.88. The Morgan fingerprint density at radius 3 is 2.83 bits per heavy atom. The predicted molar refractivity (Wildman–Crippen MR) is 107 cm³/mol. The van der Waals surface area contributed by atoms with Crippen LogP contribution in [0.3, 0.4) is 0 Å². The molecule has 0 bridgehead atoms. The number of hydrogen-bond acceptors (Lipinski definition) is 6. The number of hydrogen-bond donors (Lipinski definition) is 2. The molecule has 0 aliphatic carbocycles. The van der Waals surface area contributed by atoms with E-state index in [4.69, 9.17) is 10.4 Å². The van der Waals surface area contributed by atoms with E-state index in [-0.39, 0.29) is 34.6 Å². The van der Waals surface area contributed by atoms with Crippen molar-refractivity contribution in [2.45, 2.75) is 36.5 Å². The summed E-state index contributed by atoms with van der Waals surface area (Å²) >= 11 is -0.756. The molecule has 2 radical (unpaired) electrons.